The zero-order valence-corrected chi connectivity index (χ0v) is 18.0. The molecule has 29 heavy (non-hydrogen) atoms. The van der Waals surface area contributed by atoms with E-state index in [1.807, 2.05) is 36.4 Å². The maximum Gasteiger partial charge on any atom is 0.410 e. The van der Waals surface area contributed by atoms with Crippen LogP contribution < -0.4 is 5.32 Å². The smallest absolute Gasteiger partial charge is 0.410 e. The number of carbonyl (C=O) groups excluding carboxylic acids is 2. The lowest BCUT2D eigenvalue weighted by atomic mass is 9.97. The van der Waals surface area contributed by atoms with Gasteiger partial charge in [-0.2, -0.15) is 0 Å². The number of carbonyl (C=O) groups is 2. The molecular weight excluding hydrogens is 436 g/mol. The second-order valence-corrected chi connectivity index (χ2v) is 7.99. The third-order valence-electron chi connectivity index (χ3n) is 4.99. The van der Waals surface area contributed by atoms with Crippen LogP contribution in [-0.2, 0) is 16.1 Å². The van der Waals surface area contributed by atoms with Gasteiger partial charge in [-0.25, -0.2) is 9.59 Å². The number of hydrogen-bond acceptors (Lipinski definition) is 5. The Morgan fingerprint density at radius 1 is 1.14 bits per heavy atom. The first-order valence-corrected chi connectivity index (χ1v) is 10.4. The molecule has 3 rings (SSSR count). The third-order valence-corrected chi connectivity index (χ3v) is 5.45. The van der Waals surface area contributed by atoms with Crippen molar-refractivity contribution in [1.82, 2.24) is 4.90 Å². The summed E-state index contributed by atoms with van der Waals surface area (Å²) >= 11 is 3.43. The summed E-state index contributed by atoms with van der Waals surface area (Å²) in [4.78, 5) is 25.8. The SMILES string of the molecule is COC(=O)c1cc(Br)cc(NCC2CCN(C(=O)OCc3ccccc3)CC2)c1. The van der Waals surface area contributed by atoms with E-state index in [9.17, 15) is 9.59 Å². The van der Waals surface area contributed by atoms with Crippen LogP contribution in [0.5, 0.6) is 0 Å². The topological polar surface area (TPSA) is 67.9 Å². The average Bonchev–Trinajstić information content (AvgIpc) is 2.76. The maximum absolute atomic E-state index is 12.3. The van der Waals surface area contributed by atoms with Crippen LogP contribution in [0.15, 0.2) is 53.0 Å². The Labute approximate surface area is 179 Å². The Morgan fingerprint density at radius 3 is 2.55 bits per heavy atom. The number of nitrogens with zero attached hydrogens (tertiary/aromatic N) is 1. The Balaban J connectivity index is 1.43. The van der Waals surface area contributed by atoms with Crippen molar-refractivity contribution in [1.29, 1.82) is 0 Å². The summed E-state index contributed by atoms with van der Waals surface area (Å²) in [6.07, 6.45) is 1.56. The summed E-state index contributed by atoms with van der Waals surface area (Å²) in [5, 5.41) is 3.39. The molecule has 0 unspecified atom stereocenters. The first-order valence-electron chi connectivity index (χ1n) is 9.63. The minimum Gasteiger partial charge on any atom is -0.465 e. The van der Waals surface area contributed by atoms with E-state index in [4.69, 9.17) is 9.47 Å². The molecule has 1 heterocycles. The molecule has 1 aliphatic heterocycles. The van der Waals surface area contributed by atoms with Gasteiger partial charge < -0.3 is 19.7 Å². The second-order valence-electron chi connectivity index (χ2n) is 7.07. The molecule has 0 aromatic heterocycles. The maximum atomic E-state index is 12.3. The Morgan fingerprint density at radius 2 is 1.86 bits per heavy atom. The van der Waals surface area contributed by atoms with Crippen LogP contribution in [0.1, 0.15) is 28.8 Å². The number of nitrogens with one attached hydrogen (secondary N) is 1. The molecule has 6 nitrogen and oxygen atoms in total. The van der Waals surface area contributed by atoms with Crippen LogP contribution in [0.25, 0.3) is 0 Å². The van der Waals surface area contributed by atoms with Crippen molar-refractivity contribution in [3.8, 4) is 0 Å². The largest absolute Gasteiger partial charge is 0.465 e. The van der Waals surface area contributed by atoms with Crippen molar-refractivity contribution >= 4 is 33.7 Å². The minimum atomic E-state index is -0.364. The molecule has 0 atom stereocenters. The van der Waals surface area contributed by atoms with Gasteiger partial charge in [0, 0.05) is 29.8 Å². The fourth-order valence-electron chi connectivity index (χ4n) is 3.32. The Bertz CT molecular complexity index is 836. The summed E-state index contributed by atoms with van der Waals surface area (Å²) in [6, 6.07) is 15.1. The number of ether oxygens (including phenoxy) is 2. The molecule has 0 radical (unpaired) electrons. The van der Waals surface area contributed by atoms with Gasteiger partial charge in [0.15, 0.2) is 0 Å². The number of esters is 1. The molecule has 1 fully saturated rings. The fraction of sp³-hybridized carbons (Fsp3) is 0.364. The van der Waals surface area contributed by atoms with E-state index in [-0.39, 0.29) is 12.1 Å². The summed E-state index contributed by atoms with van der Waals surface area (Å²) in [6.45, 7) is 2.45. The van der Waals surface area contributed by atoms with Crippen molar-refractivity contribution in [2.24, 2.45) is 5.92 Å². The highest BCUT2D eigenvalue weighted by Crippen LogP contribution is 2.23. The van der Waals surface area contributed by atoms with Crippen molar-refractivity contribution in [2.45, 2.75) is 19.4 Å². The van der Waals surface area contributed by atoms with Crippen LogP contribution in [0.2, 0.25) is 0 Å². The van der Waals surface area contributed by atoms with Gasteiger partial charge >= 0.3 is 12.1 Å². The summed E-state index contributed by atoms with van der Waals surface area (Å²) in [7, 11) is 1.37. The quantitative estimate of drug-likeness (QED) is 0.632. The molecule has 1 N–H and O–H groups in total. The normalized spacial score (nSPS) is 14.3. The molecule has 2 aromatic rings. The van der Waals surface area contributed by atoms with Gasteiger partial charge in [0.05, 0.1) is 12.7 Å². The highest BCUT2D eigenvalue weighted by Gasteiger charge is 2.23. The second kappa shape index (κ2) is 10.3. The molecule has 2 aromatic carbocycles. The van der Waals surface area contributed by atoms with Gasteiger partial charge in [-0.15, -0.1) is 0 Å². The highest BCUT2D eigenvalue weighted by atomic mass is 79.9. The number of halogens is 1. The van der Waals surface area contributed by atoms with Gasteiger partial charge in [-0.05, 0) is 42.5 Å². The van der Waals surface area contributed by atoms with E-state index in [0.717, 1.165) is 35.1 Å². The first kappa shape index (κ1) is 21.2. The lowest BCUT2D eigenvalue weighted by Crippen LogP contribution is -2.40. The molecule has 0 saturated carbocycles. The molecule has 0 aliphatic carbocycles. The number of hydrogen-bond donors (Lipinski definition) is 1. The number of benzene rings is 2. The zero-order chi connectivity index (χ0) is 20.6. The van der Waals surface area contributed by atoms with Crippen LogP contribution in [0.3, 0.4) is 0 Å². The minimum absolute atomic E-state index is 0.255. The Kier molecular flexibility index (Phi) is 7.52. The van der Waals surface area contributed by atoms with E-state index in [2.05, 4.69) is 21.2 Å². The number of anilines is 1. The van der Waals surface area contributed by atoms with E-state index in [0.29, 0.717) is 31.2 Å². The number of likely N-dealkylation sites (tertiary alicyclic amines) is 1. The summed E-state index contributed by atoms with van der Waals surface area (Å²) in [5.74, 6) is 0.0883. The summed E-state index contributed by atoms with van der Waals surface area (Å²) < 4.78 is 11.0. The van der Waals surface area contributed by atoms with Gasteiger partial charge in [-0.3, -0.25) is 0 Å². The molecule has 0 spiro atoms. The fourth-order valence-corrected chi connectivity index (χ4v) is 3.81. The molecule has 7 heteroatoms. The molecule has 154 valence electrons. The standard InChI is InChI=1S/C22H25BrN2O4/c1-28-21(26)18-11-19(23)13-20(12-18)24-14-16-7-9-25(10-8-16)22(27)29-15-17-5-3-2-4-6-17/h2-6,11-13,16,24H,7-10,14-15H2,1H3. The predicted molar refractivity (Wildman–Crippen MR) is 115 cm³/mol. The van der Waals surface area contributed by atoms with Crippen LogP contribution in [-0.4, -0.2) is 43.7 Å². The van der Waals surface area contributed by atoms with E-state index in [1.165, 1.54) is 7.11 Å². The van der Waals surface area contributed by atoms with Crippen LogP contribution >= 0.6 is 15.9 Å². The number of amides is 1. The van der Waals surface area contributed by atoms with Crippen LogP contribution in [0, 0.1) is 5.92 Å². The lowest BCUT2D eigenvalue weighted by Gasteiger charge is -2.31. The monoisotopic (exact) mass is 460 g/mol. The van der Waals surface area contributed by atoms with Crippen molar-refractivity contribution < 1.29 is 19.1 Å². The first-order chi connectivity index (χ1) is 14.0. The van der Waals surface area contributed by atoms with Crippen molar-refractivity contribution in [2.75, 3.05) is 32.1 Å². The lowest BCUT2D eigenvalue weighted by molar-refractivity contribution is 0.0600. The van der Waals surface area contributed by atoms with Gasteiger partial charge in [0.1, 0.15) is 6.61 Å². The zero-order valence-electron chi connectivity index (χ0n) is 16.4. The number of rotatable bonds is 6. The molecule has 1 saturated heterocycles. The van der Waals surface area contributed by atoms with Crippen LogP contribution in [0.4, 0.5) is 10.5 Å². The van der Waals surface area contributed by atoms with Crippen molar-refractivity contribution in [3.05, 3.63) is 64.1 Å². The predicted octanol–water partition coefficient (Wildman–Crippen LogP) is 4.70. The summed E-state index contributed by atoms with van der Waals surface area (Å²) in [5.41, 5.74) is 2.35. The molecule has 0 bridgehead atoms. The molecule has 1 aliphatic rings. The third kappa shape index (κ3) is 6.22. The number of piperidine rings is 1. The number of methoxy groups -OCH3 is 1. The van der Waals surface area contributed by atoms with Crippen molar-refractivity contribution in [3.63, 3.8) is 0 Å². The molecular formula is C22H25BrN2O4. The van der Waals surface area contributed by atoms with E-state index in [1.54, 1.807) is 17.0 Å². The van der Waals surface area contributed by atoms with Gasteiger partial charge in [-0.1, -0.05) is 46.3 Å². The van der Waals surface area contributed by atoms with Gasteiger partial charge in [0.2, 0.25) is 0 Å². The van der Waals surface area contributed by atoms with E-state index < -0.39 is 0 Å². The average molecular weight is 461 g/mol. The Hall–Kier alpha value is -2.54. The van der Waals surface area contributed by atoms with Gasteiger partial charge in [0.25, 0.3) is 0 Å². The molecule has 1 amide bonds. The van der Waals surface area contributed by atoms with E-state index >= 15 is 0 Å². The highest BCUT2D eigenvalue weighted by molar-refractivity contribution is 9.10.